The van der Waals surface area contributed by atoms with Crippen LogP contribution >= 0.6 is 11.6 Å². The third-order valence-corrected chi connectivity index (χ3v) is 4.07. The first-order chi connectivity index (χ1) is 12.0. The number of nitrogens with zero attached hydrogens (tertiary/aromatic N) is 3. The molecule has 0 bridgehead atoms. The summed E-state index contributed by atoms with van der Waals surface area (Å²) in [5.74, 6) is -0.160. The van der Waals surface area contributed by atoms with Crippen LogP contribution in [0.4, 0.5) is 0 Å². The van der Waals surface area contributed by atoms with Crippen molar-refractivity contribution in [2.24, 2.45) is 0 Å². The molecule has 5 nitrogen and oxygen atoms in total. The summed E-state index contributed by atoms with van der Waals surface area (Å²) in [7, 11) is 0. The smallest absolute Gasteiger partial charge is 0.253 e. The van der Waals surface area contributed by atoms with Gasteiger partial charge in [0.25, 0.3) is 5.91 Å². The Morgan fingerprint density at radius 3 is 2.52 bits per heavy atom. The van der Waals surface area contributed by atoms with Crippen LogP contribution < -0.4 is 5.32 Å². The number of rotatable bonds is 5. The lowest BCUT2D eigenvalue weighted by atomic mass is 10.2. The minimum atomic E-state index is -0.160. The molecule has 6 heteroatoms. The predicted molar refractivity (Wildman–Crippen MR) is 98.5 cm³/mol. The fourth-order valence-corrected chi connectivity index (χ4v) is 2.46. The molecule has 0 aliphatic heterocycles. The van der Waals surface area contributed by atoms with Crippen molar-refractivity contribution < 1.29 is 4.79 Å². The number of benzene rings is 1. The summed E-state index contributed by atoms with van der Waals surface area (Å²) >= 11 is 5.85. The number of carbonyl (C=O) groups is 1. The van der Waals surface area contributed by atoms with Gasteiger partial charge in [0, 0.05) is 35.6 Å². The Balaban J connectivity index is 1.64. The normalized spacial score (nSPS) is 10.9. The molecule has 0 fully saturated rings. The fourth-order valence-electron chi connectivity index (χ4n) is 2.34. The lowest BCUT2D eigenvalue weighted by molar-refractivity contribution is 0.0950. The van der Waals surface area contributed by atoms with E-state index in [9.17, 15) is 4.79 Å². The van der Waals surface area contributed by atoms with Crippen LogP contribution in [0.5, 0.6) is 0 Å². The zero-order valence-corrected chi connectivity index (χ0v) is 14.9. The lowest BCUT2D eigenvalue weighted by Gasteiger charge is -2.06. The van der Waals surface area contributed by atoms with Crippen LogP contribution in [0.25, 0.3) is 11.3 Å². The second kappa shape index (κ2) is 7.49. The molecule has 0 unspecified atom stereocenters. The van der Waals surface area contributed by atoms with E-state index in [-0.39, 0.29) is 5.91 Å². The summed E-state index contributed by atoms with van der Waals surface area (Å²) in [6.07, 6.45) is 5.31. The van der Waals surface area contributed by atoms with Crippen molar-refractivity contribution in [1.29, 1.82) is 0 Å². The number of amides is 1. The second-order valence-corrected chi connectivity index (χ2v) is 6.48. The van der Waals surface area contributed by atoms with Crippen LogP contribution in [0.3, 0.4) is 0 Å². The Labute approximate surface area is 151 Å². The molecule has 0 saturated heterocycles. The molecule has 2 heterocycles. The van der Waals surface area contributed by atoms with E-state index in [1.165, 1.54) is 0 Å². The van der Waals surface area contributed by atoms with Gasteiger partial charge in [-0.05, 0) is 43.7 Å². The first kappa shape index (κ1) is 17.2. The quantitative estimate of drug-likeness (QED) is 0.750. The monoisotopic (exact) mass is 354 g/mol. The molecule has 0 spiro atoms. The van der Waals surface area contributed by atoms with Crippen molar-refractivity contribution in [2.45, 2.75) is 26.4 Å². The number of pyridine rings is 1. The lowest BCUT2D eigenvalue weighted by Crippen LogP contribution is -2.22. The first-order valence-electron chi connectivity index (χ1n) is 8.06. The highest BCUT2D eigenvalue weighted by atomic mass is 35.5. The van der Waals surface area contributed by atoms with Crippen molar-refractivity contribution in [3.63, 3.8) is 0 Å². The van der Waals surface area contributed by atoms with Gasteiger partial charge < -0.3 is 5.32 Å². The highest BCUT2D eigenvalue weighted by Crippen LogP contribution is 2.18. The molecule has 0 saturated carbocycles. The number of aromatic nitrogens is 3. The largest absolute Gasteiger partial charge is 0.348 e. The summed E-state index contributed by atoms with van der Waals surface area (Å²) in [6.45, 7) is 4.58. The minimum absolute atomic E-state index is 0.160. The zero-order valence-electron chi connectivity index (χ0n) is 14.1. The maximum Gasteiger partial charge on any atom is 0.253 e. The highest BCUT2D eigenvalue weighted by Gasteiger charge is 2.09. The van der Waals surface area contributed by atoms with Crippen molar-refractivity contribution >= 4 is 17.5 Å². The Morgan fingerprint density at radius 2 is 1.92 bits per heavy atom. The summed E-state index contributed by atoms with van der Waals surface area (Å²) in [4.78, 5) is 16.6. The Morgan fingerprint density at radius 1 is 1.16 bits per heavy atom. The number of halogens is 1. The molecule has 0 aliphatic rings. The summed E-state index contributed by atoms with van der Waals surface area (Å²) in [5, 5.41) is 7.86. The van der Waals surface area contributed by atoms with Crippen LogP contribution in [0.1, 0.15) is 35.8 Å². The molecule has 3 rings (SSSR count). The number of nitrogens with one attached hydrogen (secondary N) is 1. The summed E-state index contributed by atoms with van der Waals surface area (Å²) < 4.78 is 1.88. The van der Waals surface area contributed by atoms with Crippen molar-refractivity contribution in [2.75, 3.05) is 0 Å². The molecule has 0 aliphatic carbocycles. The van der Waals surface area contributed by atoms with Crippen LogP contribution in [-0.4, -0.2) is 20.7 Å². The SMILES string of the molecule is CC(C)n1cc(-c2ccc(C(=O)NCc3ccc(Cl)cc3)cn2)cn1. The highest BCUT2D eigenvalue weighted by molar-refractivity contribution is 6.30. The Kier molecular flexibility index (Phi) is 5.14. The first-order valence-corrected chi connectivity index (χ1v) is 8.44. The topological polar surface area (TPSA) is 59.8 Å². The molecule has 2 aromatic heterocycles. The molecule has 0 radical (unpaired) electrons. The van der Waals surface area contributed by atoms with E-state index in [0.29, 0.717) is 23.2 Å². The molecule has 0 atom stereocenters. The maximum atomic E-state index is 12.2. The second-order valence-electron chi connectivity index (χ2n) is 6.04. The van der Waals surface area contributed by atoms with Gasteiger partial charge in [-0.1, -0.05) is 23.7 Å². The van der Waals surface area contributed by atoms with Gasteiger partial charge in [0.15, 0.2) is 0 Å². The Hall–Kier alpha value is -2.66. The standard InChI is InChI=1S/C19H19ClN4O/c1-13(2)24-12-16(11-23-24)18-8-5-15(10-21-18)19(25)22-9-14-3-6-17(20)7-4-14/h3-8,10-13H,9H2,1-2H3,(H,22,25). The zero-order chi connectivity index (χ0) is 17.8. The summed E-state index contributed by atoms with van der Waals surface area (Å²) in [5.41, 5.74) is 3.24. The average molecular weight is 355 g/mol. The van der Waals surface area contributed by atoms with E-state index in [4.69, 9.17) is 11.6 Å². The van der Waals surface area contributed by atoms with Crippen LogP contribution in [-0.2, 0) is 6.54 Å². The van der Waals surface area contributed by atoms with E-state index in [1.54, 1.807) is 30.6 Å². The number of hydrogen-bond donors (Lipinski definition) is 1. The molecule has 1 aromatic carbocycles. The molecule has 1 amide bonds. The van der Waals surface area contributed by atoms with Gasteiger partial charge >= 0.3 is 0 Å². The molecule has 25 heavy (non-hydrogen) atoms. The van der Waals surface area contributed by atoms with Gasteiger partial charge in [0.2, 0.25) is 0 Å². The summed E-state index contributed by atoms with van der Waals surface area (Å²) in [6, 6.07) is 11.3. The molecule has 1 N–H and O–H groups in total. The third kappa shape index (κ3) is 4.25. The third-order valence-electron chi connectivity index (χ3n) is 3.82. The van der Waals surface area contributed by atoms with Crippen molar-refractivity contribution in [3.8, 4) is 11.3 Å². The molecule has 3 aromatic rings. The van der Waals surface area contributed by atoms with Gasteiger partial charge in [0.1, 0.15) is 0 Å². The minimum Gasteiger partial charge on any atom is -0.348 e. The number of hydrogen-bond acceptors (Lipinski definition) is 3. The fraction of sp³-hybridized carbons (Fsp3) is 0.211. The number of carbonyl (C=O) groups excluding carboxylic acids is 1. The van der Waals surface area contributed by atoms with Crippen molar-refractivity contribution in [1.82, 2.24) is 20.1 Å². The van der Waals surface area contributed by atoms with Crippen LogP contribution in [0.15, 0.2) is 55.0 Å². The van der Waals surface area contributed by atoms with E-state index in [2.05, 4.69) is 29.2 Å². The van der Waals surface area contributed by atoms with E-state index < -0.39 is 0 Å². The van der Waals surface area contributed by atoms with Gasteiger partial charge in [-0.2, -0.15) is 5.10 Å². The molecular formula is C19H19ClN4O. The van der Waals surface area contributed by atoms with Crippen LogP contribution in [0, 0.1) is 0 Å². The van der Waals surface area contributed by atoms with Crippen molar-refractivity contribution in [3.05, 3.63) is 71.1 Å². The Bertz CT molecular complexity index is 854. The maximum absolute atomic E-state index is 12.2. The average Bonchev–Trinajstić information content (AvgIpc) is 3.11. The van der Waals surface area contributed by atoms with Gasteiger partial charge in [-0.3, -0.25) is 14.5 Å². The molecular weight excluding hydrogens is 336 g/mol. The van der Waals surface area contributed by atoms with E-state index >= 15 is 0 Å². The van der Waals surface area contributed by atoms with Gasteiger partial charge in [-0.25, -0.2) is 0 Å². The van der Waals surface area contributed by atoms with E-state index in [1.807, 2.05) is 29.1 Å². The van der Waals surface area contributed by atoms with Crippen LogP contribution in [0.2, 0.25) is 5.02 Å². The van der Waals surface area contributed by atoms with Gasteiger partial charge in [0.05, 0.1) is 17.5 Å². The molecule has 128 valence electrons. The predicted octanol–water partition coefficient (Wildman–Crippen LogP) is 4.11. The van der Waals surface area contributed by atoms with Gasteiger partial charge in [-0.15, -0.1) is 0 Å². The van der Waals surface area contributed by atoms with E-state index in [0.717, 1.165) is 16.8 Å².